The van der Waals surface area contributed by atoms with E-state index in [-0.39, 0.29) is 5.91 Å². The number of carbonyl (C=O) groups is 1. The normalized spacial score (nSPS) is 10.1. The van der Waals surface area contributed by atoms with Crippen LogP contribution in [0.4, 0.5) is 0 Å². The van der Waals surface area contributed by atoms with Gasteiger partial charge in [0.25, 0.3) is 5.91 Å². The highest BCUT2D eigenvalue weighted by Crippen LogP contribution is 2.28. The summed E-state index contributed by atoms with van der Waals surface area (Å²) in [5.74, 6) is -0.0357. The quantitative estimate of drug-likeness (QED) is 0.916. The first-order chi connectivity index (χ1) is 8.72. The molecule has 0 fully saturated rings. The lowest BCUT2D eigenvalue weighted by molar-refractivity contribution is 0.0956. The molecule has 0 aromatic heterocycles. The molecule has 0 atom stereocenters. The molecule has 0 spiro atoms. The summed E-state index contributed by atoms with van der Waals surface area (Å²) in [4.78, 5) is 11.8. The molecule has 0 radical (unpaired) electrons. The summed E-state index contributed by atoms with van der Waals surface area (Å²) in [6, 6.07) is 15.6. The highest BCUT2D eigenvalue weighted by atomic mass is 79.9. The summed E-state index contributed by atoms with van der Waals surface area (Å²) in [5.41, 5.74) is 2.81. The minimum atomic E-state index is -0.0357. The summed E-state index contributed by atoms with van der Waals surface area (Å²) in [6.07, 6.45) is 0. The fourth-order valence-electron chi connectivity index (χ4n) is 1.79. The summed E-state index contributed by atoms with van der Waals surface area (Å²) >= 11 is 3.52. The van der Waals surface area contributed by atoms with Crippen LogP contribution in [0, 0.1) is 0 Å². The van der Waals surface area contributed by atoms with E-state index in [0.29, 0.717) is 12.1 Å². The Morgan fingerprint density at radius 3 is 2.67 bits per heavy atom. The molecule has 2 rings (SSSR count). The number of benzene rings is 2. The van der Waals surface area contributed by atoms with E-state index >= 15 is 0 Å². The first-order valence-electron chi connectivity index (χ1n) is 5.85. The van der Waals surface area contributed by atoms with Crippen LogP contribution < -0.4 is 5.32 Å². The third kappa shape index (κ3) is 2.79. The molecule has 2 aromatic carbocycles. The van der Waals surface area contributed by atoms with Crippen molar-refractivity contribution >= 4 is 21.8 Å². The first kappa shape index (κ1) is 12.8. The third-order valence-corrected chi connectivity index (χ3v) is 3.34. The number of amides is 1. The van der Waals surface area contributed by atoms with Crippen LogP contribution >= 0.6 is 15.9 Å². The van der Waals surface area contributed by atoms with E-state index in [1.165, 1.54) is 0 Å². The van der Waals surface area contributed by atoms with E-state index in [1.54, 1.807) is 0 Å². The number of hydrogen-bond acceptors (Lipinski definition) is 1. The highest BCUT2D eigenvalue weighted by molar-refractivity contribution is 9.10. The molecule has 18 heavy (non-hydrogen) atoms. The maximum atomic E-state index is 11.8. The van der Waals surface area contributed by atoms with Crippen LogP contribution in [0.5, 0.6) is 0 Å². The van der Waals surface area contributed by atoms with Crippen LogP contribution in [0.25, 0.3) is 11.1 Å². The van der Waals surface area contributed by atoms with Gasteiger partial charge in [-0.2, -0.15) is 0 Å². The molecule has 0 aliphatic heterocycles. The van der Waals surface area contributed by atoms with Crippen molar-refractivity contribution in [3.8, 4) is 11.1 Å². The second kappa shape index (κ2) is 5.83. The minimum Gasteiger partial charge on any atom is -0.352 e. The van der Waals surface area contributed by atoms with Crippen molar-refractivity contribution in [2.24, 2.45) is 0 Å². The molecule has 0 saturated heterocycles. The van der Waals surface area contributed by atoms with Crippen molar-refractivity contribution in [3.05, 3.63) is 58.6 Å². The lowest BCUT2D eigenvalue weighted by Crippen LogP contribution is -2.22. The average Bonchev–Trinajstić information content (AvgIpc) is 2.40. The van der Waals surface area contributed by atoms with Gasteiger partial charge in [0.15, 0.2) is 0 Å². The van der Waals surface area contributed by atoms with Gasteiger partial charge < -0.3 is 5.32 Å². The van der Waals surface area contributed by atoms with E-state index < -0.39 is 0 Å². The average molecular weight is 304 g/mol. The summed E-state index contributed by atoms with van der Waals surface area (Å²) in [5, 5.41) is 2.80. The lowest BCUT2D eigenvalue weighted by Gasteiger charge is -2.07. The third-order valence-electron chi connectivity index (χ3n) is 2.65. The largest absolute Gasteiger partial charge is 0.352 e. The molecule has 2 nitrogen and oxygen atoms in total. The van der Waals surface area contributed by atoms with E-state index in [1.807, 2.05) is 55.5 Å². The van der Waals surface area contributed by atoms with Crippen LogP contribution in [-0.2, 0) is 0 Å². The molecule has 2 aromatic rings. The standard InChI is InChI=1S/C15H14BrNO/c1-2-17-15(18)12-7-5-6-11(10-12)13-8-3-4-9-14(13)16/h3-10H,2H2,1H3,(H,17,18). The number of halogens is 1. The van der Waals surface area contributed by atoms with E-state index in [0.717, 1.165) is 15.6 Å². The lowest BCUT2D eigenvalue weighted by atomic mass is 10.0. The van der Waals surface area contributed by atoms with Crippen LogP contribution in [0.15, 0.2) is 53.0 Å². The Morgan fingerprint density at radius 1 is 1.17 bits per heavy atom. The number of nitrogens with one attached hydrogen (secondary N) is 1. The first-order valence-corrected chi connectivity index (χ1v) is 6.65. The van der Waals surface area contributed by atoms with Crippen LogP contribution in [0.3, 0.4) is 0 Å². The van der Waals surface area contributed by atoms with Crippen molar-refractivity contribution in [1.29, 1.82) is 0 Å². The maximum absolute atomic E-state index is 11.8. The summed E-state index contributed by atoms with van der Waals surface area (Å²) in [6.45, 7) is 2.55. The van der Waals surface area contributed by atoms with Gasteiger partial charge in [-0.1, -0.05) is 46.3 Å². The predicted octanol–water partition coefficient (Wildman–Crippen LogP) is 3.87. The van der Waals surface area contributed by atoms with Crippen molar-refractivity contribution in [3.63, 3.8) is 0 Å². The van der Waals surface area contributed by atoms with Gasteiger partial charge >= 0.3 is 0 Å². The molecular weight excluding hydrogens is 290 g/mol. The predicted molar refractivity (Wildman–Crippen MR) is 77.6 cm³/mol. The second-order valence-electron chi connectivity index (χ2n) is 3.92. The zero-order valence-electron chi connectivity index (χ0n) is 10.1. The van der Waals surface area contributed by atoms with Gasteiger partial charge in [-0.05, 0) is 36.2 Å². The zero-order valence-corrected chi connectivity index (χ0v) is 11.7. The fraction of sp³-hybridized carbons (Fsp3) is 0.133. The molecule has 0 bridgehead atoms. The Morgan fingerprint density at radius 2 is 1.94 bits per heavy atom. The zero-order chi connectivity index (χ0) is 13.0. The Bertz CT molecular complexity index is 566. The highest BCUT2D eigenvalue weighted by Gasteiger charge is 2.07. The smallest absolute Gasteiger partial charge is 0.251 e. The van der Waals surface area contributed by atoms with Crippen molar-refractivity contribution < 1.29 is 4.79 Å². The Labute approximate surface area is 115 Å². The minimum absolute atomic E-state index is 0.0357. The van der Waals surface area contributed by atoms with Crippen molar-refractivity contribution in [2.45, 2.75) is 6.92 Å². The van der Waals surface area contributed by atoms with E-state index in [4.69, 9.17) is 0 Å². The van der Waals surface area contributed by atoms with Crippen LogP contribution in [0.2, 0.25) is 0 Å². The van der Waals surface area contributed by atoms with Gasteiger partial charge in [-0.3, -0.25) is 4.79 Å². The number of hydrogen-bond donors (Lipinski definition) is 1. The molecule has 1 amide bonds. The summed E-state index contributed by atoms with van der Waals surface area (Å²) < 4.78 is 1.03. The monoisotopic (exact) mass is 303 g/mol. The molecule has 1 N–H and O–H groups in total. The molecule has 92 valence electrons. The molecule has 0 heterocycles. The van der Waals surface area contributed by atoms with E-state index in [9.17, 15) is 4.79 Å². The van der Waals surface area contributed by atoms with Gasteiger partial charge in [0, 0.05) is 16.6 Å². The van der Waals surface area contributed by atoms with Crippen molar-refractivity contribution in [1.82, 2.24) is 5.32 Å². The molecular formula is C15H14BrNO. The molecule has 0 unspecified atom stereocenters. The van der Waals surface area contributed by atoms with E-state index in [2.05, 4.69) is 21.2 Å². The van der Waals surface area contributed by atoms with Gasteiger partial charge in [0.2, 0.25) is 0 Å². The number of rotatable bonds is 3. The van der Waals surface area contributed by atoms with Crippen LogP contribution in [-0.4, -0.2) is 12.5 Å². The number of carbonyl (C=O) groups excluding carboxylic acids is 1. The molecule has 3 heteroatoms. The fourth-order valence-corrected chi connectivity index (χ4v) is 2.30. The Kier molecular flexibility index (Phi) is 4.15. The van der Waals surface area contributed by atoms with Gasteiger partial charge in [-0.25, -0.2) is 0 Å². The van der Waals surface area contributed by atoms with Gasteiger partial charge in [-0.15, -0.1) is 0 Å². The maximum Gasteiger partial charge on any atom is 0.251 e. The molecule has 0 aliphatic carbocycles. The Hall–Kier alpha value is -1.61. The Balaban J connectivity index is 2.39. The van der Waals surface area contributed by atoms with Crippen LogP contribution in [0.1, 0.15) is 17.3 Å². The molecule has 0 saturated carbocycles. The van der Waals surface area contributed by atoms with Gasteiger partial charge in [0.1, 0.15) is 0 Å². The SMILES string of the molecule is CCNC(=O)c1cccc(-c2ccccc2Br)c1. The topological polar surface area (TPSA) is 29.1 Å². The van der Waals surface area contributed by atoms with Gasteiger partial charge in [0.05, 0.1) is 0 Å². The molecule has 0 aliphatic rings. The summed E-state index contributed by atoms with van der Waals surface area (Å²) in [7, 11) is 0. The second-order valence-corrected chi connectivity index (χ2v) is 4.77. The van der Waals surface area contributed by atoms with Crippen molar-refractivity contribution in [2.75, 3.05) is 6.54 Å².